The number of benzene rings is 4. The molecule has 0 saturated carbocycles. The zero-order valence-corrected chi connectivity index (χ0v) is 26.8. The van der Waals surface area contributed by atoms with Crippen LogP contribution in [0, 0.1) is 50.0 Å². The molecule has 197 valence electrons. The van der Waals surface area contributed by atoms with Crippen molar-refractivity contribution in [3.63, 3.8) is 0 Å². The third kappa shape index (κ3) is 8.62. The van der Waals surface area contributed by atoms with Gasteiger partial charge in [-0.25, -0.2) is 0 Å². The maximum absolute atomic E-state index is 13.4. The average Bonchev–Trinajstić information content (AvgIpc) is 2.96. The minimum absolute atomic E-state index is 0. The Bertz CT molecular complexity index is 1360. The Morgan fingerprint density at radius 3 is 2.00 bits per heavy atom. The summed E-state index contributed by atoms with van der Waals surface area (Å²) in [5, 5.41) is 13.6. The van der Waals surface area contributed by atoms with Crippen molar-refractivity contribution in [3.8, 4) is 11.1 Å². The summed E-state index contributed by atoms with van der Waals surface area (Å²) in [5.74, 6) is -0.375. The van der Waals surface area contributed by atoms with Crippen LogP contribution in [0.5, 0.6) is 0 Å². The molecule has 0 bridgehead atoms. The Hall–Kier alpha value is -2.75. The van der Waals surface area contributed by atoms with E-state index in [1.165, 1.54) is 0 Å². The SMILES string of the molecule is C=C(N)c1cccc(CC(CO)C(Cc2ccccc2)NC(=O)c2ccc(-c3ccc(C[NH-])cc3)cc2)c1.[Ac]. The number of hydrogen-bond donors (Lipinski definition) is 3. The number of carbonyl (C=O) groups excluding carboxylic acids is 1. The number of hydrogen-bond acceptors (Lipinski definition) is 3. The van der Waals surface area contributed by atoms with Gasteiger partial charge in [-0.2, -0.15) is 0 Å². The van der Waals surface area contributed by atoms with Gasteiger partial charge in [0.25, 0.3) is 5.91 Å². The summed E-state index contributed by atoms with van der Waals surface area (Å²) in [6.07, 6.45) is 1.18. The summed E-state index contributed by atoms with van der Waals surface area (Å²) >= 11 is 0. The number of aliphatic hydroxyl groups excluding tert-OH is 1. The number of nitrogens with one attached hydrogen (secondary N) is 2. The molecule has 0 spiro atoms. The first-order valence-corrected chi connectivity index (χ1v) is 12.8. The molecule has 6 heteroatoms. The van der Waals surface area contributed by atoms with Crippen molar-refractivity contribution < 1.29 is 54.0 Å². The molecule has 5 N–H and O–H groups in total. The van der Waals surface area contributed by atoms with Crippen molar-refractivity contribution in [1.29, 1.82) is 0 Å². The molecule has 0 aromatic heterocycles. The van der Waals surface area contributed by atoms with Gasteiger partial charge in [-0.05, 0) is 58.9 Å². The van der Waals surface area contributed by atoms with Crippen molar-refractivity contribution in [2.45, 2.75) is 25.4 Å². The maximum Gasteiger partial charge on any atom is 0.251 e. The van der Waals surface area contributed by atoms with Gasteiger partial charge in [0.05, 0.1) is 0 Å². The molecular formula is C33H34AcN3O2-. The first kappa shape index (κ1) is 30.8. The van der Waals surface area contributed by atoms with Crippen LogP contribution in [0.1, 0.15) is 32.6 Å². The van der Waals surface area contributed by atoms with Gasteiger partial charge in [-0.3, -0.25) is 4.79 Å². The van der Waals surface area contributed by atoms with Crippen LogP contribution in [0.3, 0.4) is 0 Å². The van der Waals surface area contributed by atoms with Crippen LogP contribution >= 0.6 is 0 Å². The van der Waals surface area contributed by atoms with Crippen molar-refractivity contribution >= 4 is 11.6 Å². The van der Waals surface area contributed by atoms with E-state index in [-0.39, 0.29) is 75.1 Å². The van der Waals surface area contributed by atoms with E-state index in [2.05, 4.69) is 11.9 Å². The molecule has 4 aromatic rings. The van der Waals surface area contributed by atoms with Gasteiger partial charge in [0.2, 0.25) is 0 Å². The average molecular weight is 732 g/mol. The third-order valence-electron chi connectivity index (χ3n) is 6.85. The van der Waals surface area contributed by atoms with E-state index in [9.17, 15) is 9.90 Å². The van der Waals surface area contributed by atoms with Crippen LogP contribution in [0.25, 0.3) is 22.6 Å². The van der Waals surface area contributed by atoms with E-state index in [1.807, 2.05) is 103 Å². The molecule has 4 rings (SSSR count). The maximum atomic E-state index is 13.4. The van der Waals surface area contributed by atoms with Gasteiger partial charge in [-0.15, -0.1) is 6.54 Å². The molecule has 5 nitrogen and oxygen atoms in total. The minimum atomic E-state index is -0.281. The normalized spacial score (nSPS) is 12.2. The van der Waals surface area contributed by atoms with Gasteiger partial charge >= 0.3 is 0 Å². The van der Waals surface area contributed by atoms with Crippen molar-refractivity contribution in [1.82, 2.24) is 5.32 Å². The number of amides is 1. The summed E-state index contributed by atoms with van der Waals surface area (Å²) in [7, 11) is 0. The fraction of sp³-hybridized carbons (Fsp3) is 0.182. The zero-order chi connectivity index (χ0) is 26.9. The predicted molar refractivity (Wildman–Crippen MR) is 155 cm³/mol. The van der Waals surface area contributed by atoms with Crippen LogP contribution in [0.15, 0.2) is 110 Å². The fourth-order valence-corrected chi connectivity index (χ4v) is 4.62. The molecule has 1 radical (unpaired) electrons. The van der Waals surface area contributed by atoms with Gasteiger partial charge in [0.1, 0.15) is 0 Å². The second kappa shape index (κ2) is 15.1. The van der Waals surface area contributed by atoms with Crippen molar-refractivity contribution in [3.05, 3.63) is 143 Å². The van der Waals surface area contributed by atoms with Gasteiger partial charge < -0.3 is 21.9 Å². The summed E-state index contributed by atoms with van der Waals surface area (Å²) in [4.78, 5) is 13.4. The molecule has 0 saturated heterocycles. The van der Waals surface area contributed by atoms with E-state index in [0.29, 0.717) is 24.1 Å². The molecule has 2 atom stereocenters. The van der Waals surface area contributed by atoms with Gasteiger partial charge in [0.15, 0.2) is 0 Å². The monoisotopic (exact) mass is 731 g/mol. The van der Waals surface area contributed by atoms with Crippen LogP contribution in [-0.4, -0.2) is 23.7 Å². The molecule has 0 aliphatic heterocycles. The largest absolute Gasteiger partial charge is 0.674 e. The smallest absolute Gasteiger partial charge is 0.251 e. The molecule has 4 aromatic carbocycles. The molecule has 0 aliphatic rings. The number of aliphatic hydroxyl groups is 1. The first-order valence-electron chi connectivity index (χ1n) is 12.8. The Balaban J connectivity index is 0.00000420. The van der Waals surface area contributed by atoms with Crippen molar-refractivity contribution in [2.24, 2.45) is 11.7 Å². The third-order valence-corrected chi connectivity index (χ3v) is 6.85. The zero-order valence-electron chi connectivity index (χ0n) is 22.0. The number of carbonyl (C=O) groups is 1. The predicted octanol–water partition coefficient (Wildman–Crippen LogP) is 6.03. The molecule has 0 aliphatic carbocycles. The van der Waals surface area contributed by atoms with E-state index < -0.39 is 0 Å². The summed E-state index contributed by atoms with van der Waals surface area (Å²) in [6, 6.07) is 33.0. The van der Waals surface area contributed by atoms with Crippen LogP contribution in [0.4, 0.5) is 0 Å². The second-order valence-corrected chi connectivity index (χ2v) is 9.59. The standard InChI is InChI=1S/C33H34N3O2.Ac/c1-23(35)30-9-5-8-26(18-30)19-31(22-37)32(20-24-6-3-2-4-7-24)36-33(38)29-16-14-28(15-17-29)27-12-10-25(21-34)11-13-27;/h2-18,31-32,34,37H,1,19-22,35H2,(H,36,38);/q-1;. The first-order chi connectivity index (χ1) is 18.5. The number of nitrogens with two attached hydrogens (primary N) is 1. The van der Waals surface area contributed by atoms with Crippen LogP contribution in [-0.2, 0) is 19.4 Å². The summed E-state index contributed by atoms with van der Waals surface area (Å²) in [6.45, 7) is 4.01. The van der Waals surface area contributed by atoms with Crippen molar-refractivity contribution in [2.75, 3.05) is 6.61 Å². The Labute approximate surface area is 266 Å². The van der Waals surface area contributed by atoms with Crippen LogP contribution < -0.4 is 11.1 Å². The van der Waals surface area contributed by atoms with E-state index in [4.69, 9.17) is 11.5 Å². The summed E-state index contributed by atoms with van der Waals surface area (Å²) < 4.78 is 0. The number of rotatable bonds is 11. The topological polar surface area (TPSA) is 99.1 Å². The van der Waals surface area contributed by atoms with E-state index in [1.54, 1.807) is 0 Å². The minimum Gasteiger partial charge on any atom is -0.674 e. The Morgan fingerprint density at radius 1 is 0.795 bits per heavy atom. The molecule has 0 fully saturated rings. The van der Waals surface area contributed by atoms with Crippen LogP contribution in [0.2, 0.25) is 0 Å². The molecule has 0 heterocycles. The Morgan fingerprint density at radius 2 is 1.41 bits per heavy atom. The Kier molecular flexibility index (Phi) is 12.0. The van der Waals surface area contributed by atoms with E-state index >= 15 is 0 Å². The second-order valence-electron chi connectivity index (χ2n) is 9.59. The molecular weight excluding hydrogens is 697 g/mol. The molecule has 1 amide bonds. The molecule has 2 unspecified atom stereocenters. The summed E-state index contributed by atoms with van der Waals surface area (Å²) in [5.41, 5.74) is 20.4. The quantitative estimate of drug-likeness (QED) is 0.176. The molecule has 39 heavy (non-hydrogen) atoms. The van der Waals surface area contributed by atoms with Gasteiger partial charge in [-0.1, -0.05) is 97.1 Å². The van der Waals surface area contributed by atoms with Gasteiger partial charge in [0, 0.05) is 73.9 Å². The fourth-order valence-electron chi connectivity index (χ4n) is 4.62. The van der Waals surface area contributed by atoms with E-state index in [0.717, 1.165) is 33.4 Å².